The van der Waals surface area contributed by atoms with Gasteiger partial charge in [0.25, 0.3) is 0 Å². The summed E-state index contributed by atoms with van der Waals surface area (Å²) in [4.78, 5) is 0. The van der Waals surface area contributed by atoms with Gasteiger partial charge in [-0.15, -0.1) is 0 Å². The molecule has 86 valence electrons. The molecule has 1 unspecified atom stereocenters. The molecule has 0 spiro atoms. The second-order valence-corrected chi connectivity index (χ2v) is 5.75. The van der Waals surface area contributed by atoms with E-state index in [9.17, 15) is 0 Å². The van der Waals surface area contributed by atoms with Gasteiger partial charge in [0.2, 0.25) is 0 Å². The summed E-state index contributed by atoms with van der Waals surface area (Å²) in [5.41, 5.74) is 5.59. The lowest BCUT2D eigenvalue weighted by atomic mass is 10.00. The number of rotatable bonds is 3. The lowest BCUT2D eigenvalue weighted by Gasteiger charge is -2.15. The summed E-state index contributed by atoms with van der Waals surface area (Å²) in [5, 5.41) is 0. The van der Waals surface area contributed by atoms with Crippen molar-refractivity contribution in [2.75, 3.05) is 0 Å². The second kappa shape index (κ2) is 5.52. The second-order valence-electron chi connectivity index (χ2n) is 4.30. The van der Waals surface area contributed by atoms with Crippen LogP contribution in [0.1, 0.15) is 27.8 Å². The molecule has 0 aliphatic carbocycles. The molecular weight excluding hydrogens is 244 g/mol. The van der Waals surface area contributed by atoms with Crippen molar-refractivity contribution >= 4 is 19.9 Å². The van der Waals surface area contributed by atoms with Crippen molar-refractivity contribution in [1.29, 1.82) is 0 Å². The Labute approximate surface area is 110 Å². The standard InChI is InChI=1S/C15H15ClSi/c1-11-8-9-14(10-12(11)2)15(17-16)13-6-4-3-5-7-13/h3-10,15H,1-2H3. The third-order valence-corrected chi connectivity index (χ3v) is 4.65. The van der Waals surface area contributed by atoms with Crippen LogP contribution in [0.4, 0.5) is 0 Å². The number of aryl methyl sites for hydroxylation is 2. The molecule has 0 aliphatic heterocycles. The highest BCUT2D eigenvalue weighted by Gasteiger charge is 2.14. The molecule has 17 heavy (non-hydrogen) atoms. The fourth-order valence-electron chi connectivity index (χ4n) is 1.91. The topological polar surface area (TPSA) is 0 Å². The monoisotopic (exact) mass is 258 g/mol. The number of hydrogen-bond donors (Lipinski definition) is 0. The third-order valence-electron chi connectivity index (χ3n) is 3.11. The van der Waals surface area contributed by atoms with E-state index >= 15 is 0 Å². The zero-order chi connectivity index (χ0) is 12.3. The van der Waals surface area contributed by atoms with Crippen LogP contribution in [0.2, 0.25) is 0 Å². The van der Waals surface area contributed by atoms with Gasteiger partial charge in [0, 0.05) is 5.54 Å². The summed E-state index contributed by atoms with van der Waals surface area (Å²) in [7, 11) is 0.369. The van der Waals surface area contributed by atoms with Crippen LogP contribution in [-0.4, -0.2) is 8.83 Å². The molecule has 0 saturated heterocycles. The van der Waals surface area contributed by atoms with Crippen molar-refractivity contribution in [2.24, 2.45) is 0 Å². The Morgan fingerprint density at radius 1 is 0.882 bits per heavy atom. The molecule has 2 heteroatoms. The first-order valence-corrected chi connectivity index (χ1v) is 7.79. The SMILES string of the molecule is Cc1ccc(C([Si]Cl)c2ccccc2)cc1C. The molecule has 0 aromatic heterocycles. The van der Waals surface area contributed by atoms with E-state index in [0.29, 0.717) is 14.4 Å². The first-order valence-electron chi connectivity index (χ1n) is 5.70. The summed E-state index contributed by atoms with van der Waals surface area (Å²) >= 11 is 6.16. The summed E-state index contributed by atoms with van der Waals surface area (Å²) < 4.78 is 0. The van der Waals surface area contributed by atoms with Crippen LogP contribution in [-0.2, 0) is 0 Å². The van der Waals surface area contributed by atoms with E-state index in [2.05, 4.69) is 56.3 Å². The molecule has 0 heterocycles. The van der Waals surface area contributed by atoms with Crippen molar-refractivity contribution < 1.29 is 0 Å². The first kappa shape index (κ1) is 12.4. The van der Waals surface area contributed by atoms with Crippen molar-refractivity contribution in [1.82, 2.24) is 0 Å². The Hall–Kier alpha value is -1.05. The summed E-state index contributed by atoms with van der Waals surface area (Å²) in [6, 6.07) is 17.1. The lowest BCUT2D eigenvalue weighted by Crippen LogP contribution is -2.06. The molecule has 0 aliphatic rings. The van der Waals surface area contributed by atoms with Crippen molar-refractivity contribution in [3.05, 3.63) is 70.8 Å². The van der Waals surface area contributed by atoms with Crippen LogP contribution < -0.4 is 0 Å². The van der Waals surface area contributed by atoms with Crippen LogP contribution in [0.25, 0.3) is 0 Å². The minimum Gasteiger partial charge on any atom is -0.170 e. The fourth-order valence-corrected chi connectivity index (χ4v) is 3.29. The molecular formula is C15H15ClSi. The number of halogens is 1. The van der Waals surface area contributed by atoms with Crippen molar-refractivity contribution in [3.63, 3.8) is 0 Å². The van der Waals surface area contributed by atoms with Gasteiger partial charge < -0.3 is 0 Å². The molecule has 2 aromatic rings. The molecule has 0 fully saturated rings. The highest BCUT2D eigenvalue weighted by atomic mass is 35.6. The molecule has 2 aromatic carbocycles. The lowest BCUT2D eigenvalue weighted by molar-refractivity contribution is 1.12. The average molecular weight is 259 g/mol. The minimum atomic E-state index is 0.317. The highest BCUT2D eigenvalue weighted by Crippen LogP contribution is 2.26. The molecule has 0 bridgehead atoms. The van der Waals surface area contributed by atoms with Gasteiger partial charge in [-0.25, -0.2) is 0 Å². The van der Waals surface area contributed by atoms with E-state index in [4.69, 9.17) is 11.1 Å². The van der Waals surface area contributed by atoms with E-state index < -0.39 is 0 Å². The van der Waals surface area contributed by atoms with E-state index in [1.165, 1.54) is 22.3 Å². The zero-order valence-corrected chi connectivity index (χ0v) is 11.8. The van der Waals surface area contributed by atoms with E-state index in [0.717, 1.165) is 0 Å². The minimum absolute atomic E-state index is 0.317. The number of benzene rings is 2. The molecule has 0 nitrogen and oxygen atoms in total. The highest BCUT2D eigenvalue weighted by molar-refractivity contribution is 6.94. The predicted molar refractivity (Wildman–Crippen MR) is 75.8 cm³/mol. The van der Waals surface area contributed by atoms with Gasteiger partial charge >= 0.3 is 0 Å². The van der Waals surface area contributed by atoms with Gasteiger partial charge in [-0.2, -0.15) is 11.1 Å². The summed E-state index contributed by atoms with van der Waals surface area (Å²) in [6.45, 7) is 4.29. The molecule has 0 amide bonds. The number of hydrogen-bond acceptors (Lipinski definition) is 0. The smallest absolute Gasteiger partial charge is 0.170 e. The van der Waals surface area contributed by atoms with Gasteiger partial charge in [-0.05, 0) is 36.1 Å². The molecule has 2 rings (SSSR count). The van der Waals surface area contributed by atoms with Gasteiger partial charge in [0.15, 0.2) is 8.83 Å². The molecule has 0 saturated carbocycles. The Morgan fingerprint density at radius 3 is 2.18 bits per heavy atom. The van der Waals surface area contributed by atoms with E-state index in [1.54, 1.807) is 0 Å². The quantitative estimate of drug-likeness (QED) is 0.570. The van der Waals surface area contributed by atoms with Crippen molar-refractivity contribution in [2.45, 2.75) is 19.4 Å². The van der Waals surface area contributed by atoms with Crippen LogP contribution in [0.15, 0.2) is 48.5 Å². The largest absolute Gasteiger partial charge is 0.184 e. The normalized spacial score (nSPS) is 12.4. The first-order chi connectivity index (χ1) is 8.22. The molecule has 1 atom stereocenters. The molecule has 0 N–H and O–H groups in total. The Bertz CT molecular complexity index is 494. The van der Waals surface area contributed by atoms with Crippen LogP contribution in [0.5, 0.6) is 0 Å². The van der Waals surface area contributed by atoms with E-state index in [1.807, 2.05) is 6.07 Å². The average Bonchev–Trinajstić information content (AvgIpc) is 2.36. The van der Waals surface area contributed by atoms with Crippen molar-refractivity contribution in [3.8, 4) is 0 Å². The van der Waals surface area contributed by atoms with Crippen LogP contribution in [0, 0.1) is 13.8 Å². The zero-order valence-electron chi connectivity index (χ0n) is 10.1. The van der Waals surface area contributed by atoms with Gasteiger partial charge in [0.1, 0.15) is 0 Å². The summed E-state index contributed by atoms with van der Waals surface area (Å²) in [6.07, 6.45) is 0. The maximum absolute atomic E-state index is 6.16. The molecule has 2 radical (unpaired) electrons. The van der Waals surface area contributed by atoms with Gasteiger partial charge in [0.05, 0.1) is 0 Å². The van der Waals surface area contributed by atoms with Crippen LogP contribution in [0.3, 0.4) is 0 Å². The maximum atomic E-state index is 6.16. The Balaban J connectivity index is 2.39. The Kier molecular flexibility index (Phi) is 4.03. The third kappa shape index (κ3) is 2.79. The maximum Gasteiger partial charge on any atom is 0.184 e. The Morgan fingerprint density at radius 2 is 1.59 bits per heavy atom. The fraction of sp³-hybridized carbons (Fsp3) is 0.200. The van der Waals surface area contributed by atoms with Gasteiger partial charge in [-0.1, -0.05) is 48.5 Å². The van der Waals surface area contributed by atoms with Crippen LogP contribution >= 0.6 is 11.1 Å². The van der Waals surface area contributed by atoms with E-state index in [-0.39, 0.29) is 0 Å². The predicted octanol–water partition coefficient (Wildman–Crippen LogP) is 4.25. The van der Waals surface area contributed by atoms with Gasteiger partial charge in [-0.3, -0.25) is 0 Å². The summed E-state index contributed by atoms with van der Waals surface area (Å²) in [5.74, 6) is 0.